The lowest BCUT2D eigenvalue weighted by molar-refractivity contribution is 0.0950. The lowest BCUT2D eigenvalue weighted by Gasteiger charge is -2.09. The molecule has 0 bridgehead atoms. The fourth-order valence-electron chi connectivity index (χ4n) is 1.16. The third-order valence-electron chi connectivity index (χ3n) is 2.19. The van der Waals surface area contributed by atoms with Gasteiger partial charge in [-0.1, -0.05) is 13.0 Å². The van der Waals surface area contributed by atoms with Gasteiger partial charge in [-0.15, -0.1) is 11.6 Å². The van der Waals surface area contributed by atoms with E-state index in [0.717, 1.165) is 6.42 Å². The molecule has 3 N–H and O–H groups in total. The van der Waals surface area contributed by atoms with Crippen LogP contribution in [0, 0.1) is 0 Å². The van der Waals surface area contributed by atoms with Crippen LogP contribution in [0.2, 0.25) is 0 Å². The zero-order chi connectivity index (χ0) is 12.1. The highest BCUT2D eigenvalue weighted by Gasteiger charge is 2.14. The van der Waals surface area contributed by atoms with Crippen molar-refractivity contribution in [1.82, 2.24) is 5.32 Å². The molecule has 1 amide bonds. The van der Waals surface area contributed by atoms with Gasteiger partial charge in [-0.2, -0.15) is 0 Å². The number of nitrogens with one attached hydrogen (secondary N) is 1. The maximum Gasteiger partial charge on any atom is 0.255 e. The molecule has 16 heavy (non-hydrogen) atoms. The van der Waals surface area contributed by atoms with Gasteiger partial charge in [-0.25, -0.2) is 0 Å². The van der Waals surface area contributed by atoms with E-state index in [2.05, 4.69) is 5.32 Å². The van der Waals surface area contributed by atoms with E-state index in [1.165, 1.54) is 18.2 Å². The highest BCUT2D eigenvalue weighted by molar-refractivity contribution is 6.20. The Hall–Kier alpha value is -1.42. The highest BCUT2D eigenvalue weighted by Crippen LogP contribution is 2.27. The molecule has 0 heterocycles. The quantitative estimate of drug-likeness (QED) is 0.558. The average Bonchev–Trinajstić information content (AvgIpc) is 2.29. The number of carbonyl (C=O) groups is 1. The maximum absolute atomic E-state index is 11.6. The first-order chi connectivity index (χ1) is 7.56. The Morgan fingerprint density at radius 1 is 1.50 bits per heavy atom. The summed E-state index contributed by atoms with van der Waals surface area (Å²) >= 11 is 5.84. The zero-order valence-corrected chi connectivity index (χ0v) is 9.66. The summed E-state index contributed by atoms with van der Waals surface area (Å²) in [6.07, 6.45) is 0.744. The third-order valence-corrected chi connectivity index (χ3v) is 2.65. The molecule has 1 aromatic carbocycles. The van der Waals surface area contributed by atoms with Gasteiger partial charge in [0.05, 0.1) is 10.9 Å². The minimum absolute atomic E-state index is 0.0416. The fraction of sp³-hybridized carbons (Fsp3) is 0.364. The number of aromatic hydroxyl groups is 2. The highest BCUT2D eigenvalue weighted by atomic mass is 35.5. The van der Waals surface area contributed by atoms with Crippen molar-refractivity contribution in [2.45, 2.75) is 18.7 Å². The predicted octanol–water partition coefficient (Wildman–Crippen LogP) is 1.84. The molecule has 0 fully saturated rings. The van der Waals surface area contributed by atoms with Crippen molar-refractivity contribution in [3.05, 3.63) is 23.8 Å². The van der Waals surface area contributed by atoms with Crippen LogP contribution >= 0.6 is 11.6 Å². The van der Waals surface area contributed by atoms with Crippen LogP contribution in [0.3, 0.4) is 0 Å². The summed E-state index contributed by atoms with van der Waals surface area (Å²) in [5.41, 5.74) is 0.0416. The van der Waals surface area contributed by atoms with E-state index in [-0.39, 0.29) is 16.7 Å². The van der Waals surface area contributed by atoms with E-state index in [0.29, 0.717) is 6.54 Å². The Kier molecular flexibility index (Phi) is 4.43. The number of phenols is 2. The van der Waals surface area contributed by atoms with Crippen LogP contribution in [-0.2, 0) is 0 Å². The number of halogens is 1. The number of amides is 1. The van der Waals surface area contributed by atoms with Crippen molar-refractivity contribution in [3.63, 3.8) is 0 Å². The van der Waals surface area contributed by atoms with Crippen LogP contribution in [0.4, 0.5) is 0 Å². The number of carbonyl (C=O) groups excluding carboxylic acids is 1. The summed E-state index contributed by atoms with van der Waals surface area (Å²) in [5, 5.41) is 21.1. The monoisotopic (exact) mass is 243 g/mol. The Labute approximate surface area is 98.9 Å². The van der Waals surface area contributed by atoms with E-state index < -0.39 is 11.7 Å². The Balaban J connectivity index is 2.70. The standard InChI is InChI=1S/C11H14ClNO3/c1-2-7(12)6-13-11(16)8-4-3-5-9(14)10(8)15/h3-5,7,14-15H,2,6H2,1H3,(H,13,16). The summed E-state index contributed by atoms with van der Waals surface area (Å²) in [6, 6.07) is 4.23. The molecule has 0 aliphatic rings. The SMILES string of the molecule is CCC(Cl)CNC(=O)c1cccc(O)c1O. The largest absolute Gasteiger partial charge is 0.504 e. The molecule has 88 valence electrons. The van der Waals surface area contributed by atoms with Gasteiger partial charge in [0.2, 0.25) is 0 Å². The molecule has 0 aromatic heterocycles. The molecule has 0 radical (unpaired) electrons. The van der Waals surface area contributed by atoms with Crippen LogP contribution in [-0.4, -0.2) is 28.0 Å². The van der Waals surface area contributed by atoms with Crippen molar-refractivity contribution in [2.75, 3.05) is 6.54 Å². The molecule has 0 aliphatic carbocycles. The van der Waals surface area contributed by atoms with Crippen molar-refractivity contribution in [3.8, 4) is 11.5 Å². The average molecular weight is 244 g/mol. The zero-order valence-electron chi connectivity index (χ0n) is 8.90. The number of hydrogen-bond acceptors (Lipinski definition) is 3. The van der Waals surface area contributed by atoms with Crippen molar-refractivity contribution >= 4 is 17.5 Å². The summed E-state index contributed by atoms with van der Waals surface area (Å²) in [5.74, 6) is -1.18. The molecule has 5 heteroatoms. The van der Waals surface area contributed by atoms with E-state index in [1.807, 2.05) is 6.92 Å². The van der Waals surface area contributed by atoms with E-state index in [9.17, 15) is 15.0 Å². The van der Waals surface area contributed by atoms with E-state index in [4.69, 9.17) is 11.6 Å². The normalized spacial score (nSPS) is 12.1. The summed E-state index contributed by atoms with van der Waals surface area (Å²) in [7, 11) is 0. The number of rotatable bonds is 4. The van der Waals surface area contributed by atoms with Gasteiger partial charge in [0, 0.05) is 6.54 Å². The smallest absolute Gasteiger partial charge is 0.255 e. The van der Waals surface area contributed by atoms with Gasteiger partial charge in [0.25, 0.3) is 5.91 Å². The Bertz CT molecular complexity index is 381. The molecule has 0 saturated carbocycles. The second-order valence-electron chi connectivity index (χ2n) is 3.39. The van der Waals surface area contributed by atoms with E-state index >= 15 is 0 Å². The second-order valence-corrected chi connectivity index (χ2v) is 4.01. The first-order valence-electron chi connectivity index (χ1n) is 4.99. The number of phenolic OH excluding ortho intramolecular Hbond substituents is 2. The van der Waals surface area contributed by atoms with Crippen LogP contribution in [0.15, 0.2) is 18.2 Å². The first kappa shape index (κ1) is 12.6. The number of para-hydroxylation sites is 1. The lowest BCUT2D eigenvalue weighted by Crippen LogP contribution is -2.29. The number of alkyl halides is 1. The summed E-state index contributed by atoms with van der Waals surface area (Å²) in [6.45, 7) is 2.24. The number of hydrogen-bond donors (Lipinski definition) is 3. The molecule has 0 saturated heterocycles. The molecule has 0 spiro atoms. The van der Waals surface area contributed by atoms with Gasteiger partial charge < -0.3 is 15.5 Å². The topological polar surface area (TPSA) is 69.6 Å². The van der Waals surface area contributed by atoms with Crippen LogP contribution in [0.25, 0.3) is 0 Å². The molecule has 4 nitrogen and oxygen atoms in total. The second kappa shape index (κ2) is 5.61. The van der Waals surface area contributed by atoms with Gasteiger partial charge in [-0.05, 0) is 18.6 Å². The molecule has 1 atom stereocenters. The van der Waals surface area contributed by atoms with Gasteiger partial charge in [-0.3, -0.25) is 4.79 Å². The summed E-state index contributed by atoms with van der Waals surface area (Å²) < 4.78 is 0. The van der Waals surface area contributed by atoms with Crippen molar-refractivity contribution in [2.24, 2.45) is 0 Å². The van der Waals surface area contributed by atoms with Gasteiger partial charge >= 0.3 is 0 Å². The minimum atomic E-state index is -0.451. The Morgan fingerprint density at radius 3 is 2.81 bits per heavy atom. The lowest BCUT2D eigenvalue weighted by atomic mass is 10.1. The molecule has 1 aromatic rings. The van der Waals surface area contributed by atoms with Crippen LogP contribution in [0.5, 0.6) is 11.5 Å². The van der Waals surface area contributed by atoms with Crippen molar-refractivity contribution < 1.29 is 15.0 Å². The molecular weight excluding hydrogens is 230 g/mol. The Morgan fingerprint density at radius 2 is 2.19 bits per heavy atom. The predicted molar refractivity (Wildman–Crippen MR) is 62.0 cm³/mol. The fourth-order valence-corrected chi connectivity index (χ4v) is 1.23. The van der Waals surface area contributed by atoms with Crippen LogP contribution in [0.1, 0.15) is 23.7 Å². The first-order valence-corrected chi connectivity index (χ1v) is 5.43. The minimum Gasteiger partial charge on any atom is -0.504 e. The van der Waals surface area contributed by atoms with Crippen molar-refractivity contribution in [1.29, 1.82) is 0 Å². The molecule has 1 unspecified atom stereocenters. The van der Waals surface area contributed by atoms with Gasteiger partial charge in [0.1, 0.15) is 0 Å². The van der Waals surface area contributed by atoms with E-state index in [1.54, 1.807) is 0 Å². The maximum atomic E-state index is 11.6. The summed E-state index contributed by atoms with van der Waals surface area (Å²) in [4.78, 5) is 11.6. The third kappa shape index (κ3) is 3.03. The molecule has 0 aliphatic heterocycles. The molecular formula is C11H14ClNO3. The van der Waals surface area contributed by atoms with Gasteiger partial charge in [0.15, 0.2) is 11.5 Å². The van der Waals surface area contributed by atoms with Crippen LogP contribution < -0.4 is 5.32 Å². The number of benzene rings is 1. The molecule has 1 rings (SSSR count).